The van der Waals surface area contributed by atoms with E-state index in [1.807, 2.05) is 26.0 Å². The van der Waals surface area contributed by atoms with Crippen molar-refractivity contribution in [2.24, 2.45) is 0 Å². The molecule has 0 saturated carbocycles. The molecule has 1 amide bonds. The van der Waals surface area contributed by atoms with Gasteiger partial charge >= 0.3 is 5.97 Å². The number of carbonyl (C=O) groups excluding carboxylic acids is 2. The number of aryl methyl sites for hydroxylation is 1. The second-order valence-corrected chi connectivity index (χ2v) is 5.33. The third kappa shape index (κ3) is 4.59. The number of hydrogen-bond acceptors (Lipinski definition) is 4. The second-order valence-electron chi connectivity index (χ2n) is 5.33. The van der Waals surface area contributed by atoms with Crippen molar-refractivity contribution >= 4 is 17.6 Å². The molecule has 0 radical (unpaired) electrons. The molecule has 5 heteroatoms. The highest BCUT2D eigenvalue weighted by Crippen LogP contribution is 2.19. The average Bonchev–Trinajstić information content (AvgIpc) is 2.57. The Morgan fingerprint density at radius 2 is 1.75 bits per heavy atom. The molecule has 0 fully saturated rings. The Morgan fingerprint density at radius 3 is 2.42 bits per heavy atom. The molecule has 0 aliphatic carbocycles. The number of esters is 1. The van der Waals surface area contributed by atoms with Crippen LogP contribution in [0.5, 0.6) is 5.75 Å². The van der Waals surface area contributed by atoms with Gasteiger partial charge in [0.1, 0.15) is 11.3 Å². The van der Waals surface area contributed by atoms with Crippen molar-refractivity contribution < 1.29 is 19.1 Å². The van der Waals surface area contributed by atoms with Gasteiger partial charge in [-0.1, -0.05) is 29.8 Å². The fourth-order valence-electron chi connectivity index (χ4n) is 2.07. The van der Waals surface area contributed by atoms with Crippen molar-refractivity contribution in [3.8, 4) is 5.75 Å². The van der Waals surface area contributed by atoms with Gasteiger partial charge in [-0.25, -0.2) is 4.79 Å². The van der Waals surface area contributed by atoms with Crippen molar-refractivity contribution in [1.82, 2.24) is 0 Å². The highest BCUT2D eigenvalue weighted by molar-refractivity contribution is 5.98. The normalized spacial score (nSPS) is 11.5. The number of hydrogen-bond donors (Lipinski definition) is 1. The molecule has 0 aromatic heterocycles. The number of carbonyl (C=O) groups is 2. The minimum absolute atomic E-state index is 0.300. The van der Waals surface area contributed by atoms with Crippen molar-refractivity contribution in [1.29, 1.82) is 0 Å². The molecule has 1 atom stereocenters. The van der Waals surface area contributed by atoms with Gasteiger partial charge < -0.3 is 14.8 Å². The van der Waals surface area contributed by atoms with Crippen LogP contribution in [-0.2, 0) is 9.53 Å². The number of rotatable bonds is 6. The summed E-state index contributed by atoms with van der Waals surface area (Å²) in [6.07, 6.45) is -0.923. The van der Waals surface area contributed by atoms with E-state index in [4.69, 9.17) is 9.47 Å². The third-order valence-corrected chi connectivity index (χ3v) is 3.38. The molecule has 0 spiro atoms. The lowest BCUT2D eigenvalue weighted by Gasteiger charge is -2.15. The van der Waals surface area contributed by atoms with E-state index in [0.717, 1.165) is 5.56 Å². The molecule has 2 aromatic carbocycles. The average molecular weight is 327 g/mol. The number of nitrogens with one attached hydrogen (secondary N) is 1. The third-order valence-electron chi connectivity index (χ3n) is 3.38. The number of benzene rings is 2. The van der Waals surface area contributed by atoms with Gasteiger partial charge in [-0.15, -0.1) is 0 Å². The summed E-state index contributed by atoms with van der Waals surface area (Å²) in [6.45, 7) is 5.77. The van der Waals surface area contributed by atoms with E-state index >= 15 is 0 Å². The molecule has 24 heavy (non-hydrogen) atoms. The molecular formula is C19H21NO4. The van der Waals surface area contributed by atoms with Crippen LogP contribution in [0.15, 0.2) is 48.5 Å². The zero-order chi connectivity index (χ0) is 17.5. The van der Waals surface area contributed by atoms with E-state index in [0.29, 0.717) is 23.6 Å². The summed E-state index contributed by atoms with van der Waals surface area (Å²) >= 11 is 0. The zero-order valence-electron chi connectivity index (χ0n) is 14.0. The summed E-state index contributed by atoms with van der Waals surface area (Å²) in [6, 6.07) is 14.2. The molecule has 2 aromatic rings. The molecule has 0 unspecified atom stereocenters. The fourth-order valence-corrected chi connectivity index (χ4v) is 2.07. The van der Waals surface area contributed by atoms with Crippen LogP contribution in [-0.4, -0.2) is 24.6 Å². The summed E-state index contributed by atoms with van der Waals surface area (Å²) in [5.41, 5.74) is 2.05. The first-order valence-electron chi connectivity index (χ1n) is 7.81. The number of para-hydroxylation sites is 1. The van der Waals surface area contributed by atoms with E-state index in [2.05, 4.69) is 5.32 Å². The van der Waals surface area contributed by atoms with E-state index < -0.39 is 12.1 Å². The van der Waals surface area contributed by atoms with Crippen LogP contribution < -0.4 is 10.1 Å². The summed E-state index contributed by atoms with van der Waals surface area (Å²) in [5.74, 6) is -0.539. The van der Waals surface area contributed by atoms with Crippen molar-refractivity contribution in [3.05, 3.63) is 59.7 Å². The molecule has 2 rings (SSSR count). The first-order valence-corrected chi connectivity index (χ1v) is 7.81. The molecule has 0 aliphatic rings. The standard InChI is InChI=1S/C19H21NO4/c1-4-23-17-8-6-5-7-16(17)19(22)24-14(3)18(21)20-15-11-9-13(2)10-12-15/h5-12,14H,4H2,1-3H3,(H,20,21)/t14-/m0/s1. The quantitative estimate of drug-likeness (QED) is 0.824. The van der Waals surface area contributed by atoms with Crippen LogP contribution in [0.25, 0.3) is 0 Å². The topological polar surface area (TPSA) is 64.6 Å². The zero-order valence-corrected chi connectivity index (χ0v) is 14.0. The van der Waals surface area contributed by atoms with Gasteiger partial charge in [0.25, 0.3) is 5.91 Å². The van der Waals surface area contributed by atoms with Crippen LogP contribution >= 0.6 is 0 Å². The predicted octanol–water partition coefficient (Wildman–Crippen LogP) is 3.58. The van der Waals surface area contributed by atoms with E-state index in [9.17, 15) is 9.59 Å². The number of ether oxygens (including phenoxy) is 2. The highest BCUT2D eigenvalue weighted by atomic mass is 16.5. The van der Waals surface area contributed by atoms with Gasteiger partial charge in [-0.2, -0.15) is 0 Å². The maximum absolute atomic E-state index is 12.3. The molecule has 126 valence electrons. The lowest BCUT2D eigenvalue weighted by Crippen LogP contribution is -2.30. The SMILES string of the molecule is CCOc1ccccc1C(=O)O[C@@H](C)C(=O)Nc1ccc(C)cc1. The minimum atomic E-state index is -0.923. The minimum Gasteiger partial charge on any atom is -0.493 e. The Kier molecular flexibility index (Phi) is 5.95. The molecule has 0 aliphatic heterocycles. The van der Waals surface area contributed by atoms with Crippen LogP contribution in [0, 0.1) is 6.92 Å². The van der Waals surface area contributed by atoms with Gasteiger partial charge in [0.15, 0.2) is 6.10 Å². The summed E-state index contributed by atoms with van der Waals surface area (Å²) in [7, 11) is 0. The molecule has 0 bridgehead atoms. The molecular weight excluding hydrogens is 306 g/mol. The number of anilines is 1. The number of amides is 1. The largest absolute Gasteiger partial charge is 0.493 e. The Hall–Kier alpha value is -2.82. The summed E-state index contributed by atoms with van der Waals surface area (Å²) in [4.78, 5) is 24.4. The van der Waals surface area contributed by atoms with E-state index in [1.165, 1.54) is 6.92 Å². The van der Waals surface area contributed by atoms with Crippen molar-refractivity contribution in [2.45, 2.75) is 26.9 Å². The Balaban J connectivity index is 2.00. The lowest BCUT2D eigenvalue weighted by molar-refractivity contribution is -0.123. The first-order chi connectivity index (χ1) is 11.5. The van der Waals surface area contributed by atoms with E-state index in [-0.39, 0.29) is 5.91 Å². The van der Waals surface area contributed by atoms with Crippen LogP contribution in [0.2, 0.25) is 0 Å². The van der Waals surface area contributed by atoms with Crippen LogP contribution in [0.3, 0.4) is 0 Å². The maximum Gasteiger partial charge on any atom is 0.342 e. The molecule has 1 N–H and O–H groups in total. The maximum atomic E-state index is 12.3. The van der Waals surface area contributed by atoms with Crippen molar-refractivity contribution in [2.75, 3.05) is 11.9 Å². The smallest absolute Gasteiger partial charge is 0.342 e. The van der Waals surface area contributed by atoms with Crippen LogP contribution in [0.4, 0.5) is 5.69 Å². The van der Waals surface area contributed by atoms with Crippen LogP contribution in [0.1, 0.15) is 29.8 Å². The van der Waals surface area contributed by atoms with Gasteiger partial charge in [-0.05, 0) is 45.0 Å². The first kappa shape index (κ1) is 17.5. The van der Waals surface area contributed by atoms with Crippen molar-refractivity contribution in [3.63, 3.8) is 0 Å². The second kappa shape index (κ2) is 8.15. The molecule has 0 heterocycles. The highest BCUT2D eigenvalue weighted by Gasteiger charge is 2.21. The Bertz CT molecular complexity index is 710. The van der Waals surface area contributed by atoms with Gasteiger partial charge in [-0.3, -0.25) is 4.79 Å². The molecule has 0 saturated heterocycles. The predicted molar refractivity (Wildman–Crippen MR) is 92.3 cm³/mol. The Labute approximate surface area is 141 Å². The summed E-state index contributed by atoms with van der Waals surface area (Å²) in [5, 5.41) is 2.72. The lowest BCUT2D eigenvalue weighted by atomic mass is 10.2. The van der Waals surface area contributed by atoms with Gasteiger partial charge in [0, 0.05) is 5.69 Å². The molecule has 5 nitrogen and oxygen atoms in total. The van der Waals surface area contributed by atoms with Gasteiger partial charge in [0.2, 0.25) is 0 Å². The monoisotopic (exact) mass is 327 g/mol. The van der Waals surface area contributed by atoms with E-state index in [1.54, 1.807) is 36.4 Å². The van der Waals surface area contributed by atoms with Gasteiger partial charge in [0.05, 0.1) is 6.61 Å². The Morgan fingerprint density at radius 1 is 1.08 bits per heavy atom. The fraction of sp³-hybridized carbons (Fsp3) is 0.263. The summed E-state index contributed by atoms with van der Waals surface area (Å²) < 4.78 is 10.7.